The Morgan fingerprint density at radius 3 is 2.59 bits per heavy atom. The lowest BCUT2D eigenvalue weighted by atomic mass is 10.0. The van der Waals surface area contributed by atoms with Crippen LogP contribution in [0.1, 0.15) is 28.4 Å². The van der Waals surface area contributed by atoms with Crippen LogP contribution in [0.25, 0.3) is 0 Å². The Hall–Kier alpha value is -2.66. The maximum absolute atomic E-state index is 13.5. The minimum Gasteiger partial charge on any atom is -0.348 e. The van der Waals surface area contributed by atoms with Crippen molar-refractivity contribution >= 4 is 23.0 Å². The minimum atomic E-state index is -0.229. The van der Waals surface area contributed by atoms with Gasteiger partial charge in [0, 0.05) is 30.7 Å². The monoisotopic (exact) mass is 379 g/mol. The van der Waals surface area contributed by atoms with Crippen LogP contribution in [0.4, 0.5) is 10.1 Å². The molecule has 1 aromatic heterocycles. The summed E-state index contributed by atoms with van der Waals surface area (Å²) < 4.78 is 15.7. The molecule has 27 heavy (non-hydrogen) atoms. The number of thiocarbonyl (C=S) groups is 1. The molecule has 1 N–H and O–H groups in total. The van der Waals surface area contributed by atoms with Crippen LogP contribution in [-0.4, -0.2) is 21.1 Å². The van der Waals surface area contributed by atoms with Gasteiger partial charge in [-0.15, -0.1) is 0 Å². The van der Waals surface area contributed by atoms with E-state index in [9.17, 15) is 4.39 Å². The van der Waals surface area contributed by atoms with Crippen LogP contribution in [0, 0.1) is 19.7 Å². The van der Waals surface area contributed by atoms with E-state index in [0.717, 1.165) is 35.6 Å². The van der Waals surface area contributed by atoms with E-state index in [2.05, 4.69) is 65.2 Å². The molecule has 0 saturated heterocycles. The van der Waals surface area contributed by atoms with Gasteiger partial charge in [0.2, 0.25) is 0 Å². The standard InChI is InChI=1S/C22H22FN3S/c1-15-5-10-19(16(2)14-15)24-22(27)26-13-12-25-11-3-4-20(25)21(26)17-6-8-18(23)9-7-17/h3-11,14,21H,12-13H2,1-2H3,(H,24,27)/t21-/m0/s1. The van der Waals surface area contributed by atoms with Gasteiger partial charge in [0.25, 0.3) is 0 Å². The van der Waals surface area contributed by atoms with Gasteiger partial charge in [-0.25, -0.2) is 4.39 Å². The van der Waals surface area contributed by atoms with Crippen molar-refractivity contribution < 1.29 is 4.39 Å². The lowest BCUT2D eigenvalue weighted by molar-refractivity contribution is 0.293. The van der Waals surface area contributed by atoms with E-state index in [1.807, 2.05) is 12.1 Å². The molecule has 0 amide bonds. The molecule has 0 unspecified atom stereocenters. The summed E-state index contributed by atoms with van der Waals surface area (Å²) in [6, 6.07) is 17.1. The average molecular weight is 380 g/mol. The second-order valence-corrected chi connectivity index (χ2v) is 7.41. The first-order valence-electron chi connectivity index (χ1n) is 9.08. The number of hydrogen-bond donors (Lipinski definition) is 1. The molecule has 0 aliphatic carbocycles. The highest BCUT2D eigenvalue weighted by Gasteiger charge is 2.30. The predicted molar refractivity (Wildman–Crippen MR) is 112 cm³/mol. The van der Waals surface area contributed by atoms with Gasteiger partial charge in [-0.1, -0.05) is 29.8 Å². The molecule has 0 saturated carbocycles. The molecule has 138 valence electrons. The minimum absolute atomic E-state index is 0.0416. The Kier molecular flexibility index (Phi) is 4.70. The molecule has 1 aliphatic heterocycles. The summed E-state index contributed by atoms with van der Waals surface area (Å²) in [6.45, 7) is 5.82. The molecule has 0 spiro atoms. The SMILES string of the molecule is Cc1ccc(NC(=S)N2CCn3cccc3[C@@H]2c2ccc(F)cc2)c(C)c1. The van der Waals surface area contributed by atoms with Crippen LogP contribution in [-0.2, 0) is 6.54 Å². The van der Waals surface area contributed by atoms with Crippen molar-refractivity contribution in [3.05, 3.63) is 89.0 Å². The Balaban J connectivity index is 1.67. The Morgan fingerprint density at radius 2 is 1.85 bits per heavy atom. The van der Waals surface area contributed by atoms with Crippen LogP contribution in [0.3, 0.4) is 0 Å². The normalized spacial score (nSPS) is 16.1. The fourth-order valence-corrected chi connectivity index (χ4v) is 4.05. The highest BCUT2D eigenvalue weighted by molar-refractivity contribution is 7.80. The maximum atomic E-state index is 13.5. The lowest BCUT2D eigenvalue weighted by Crippen LogP contribution is -2.44. The third-order valence-electron chi connectivity index (χ3n) is 5.11. The molecule has 3 aromatic rings. The van der Waals surface area contributed by atoms with Crippen molar-refractivity contribution in [1.82, 2.24) is 9.47 Å². The highest BCUT2D eigenvalue weighted by Crippen LogP contribution is 2.33. The first-order valence-corrected chi connectivity index (χ1v) is 9.49. The van der Waals surface area contributed by atoms with E-state index >= 15 is 0 Å². The van der Waals surface area contributed by atoms with E-state index < -0.39 is 0 Å². The summed E-state index contributed by atoms with van der Waals surface area (Å²) >= 11 is 5.79. The third-order valence-corrected chi connectivity index (χ3v) is 5.44. The molecule has 0 fully saturated rings. The van der Waals surface area contributed by atoms with Crippen LogP contribution in [0.5, 0.6) is 0 Å². The van der Waals surface area contributed by atoms with E-state index in [1.165, 1.54) is 17.7 Å². The number of aryl methyl sites for hydroxylation is 2. The first-order chi connectivity index (χ1) is 13.0. The van der Waals surface area contributed by atoms with Gasteiger partial charge >= 0.3 is 0 Å². The van der Waals surface area contributed by atoms with Gasteiger partial charge in [0.05, 0.1) is 6.04 Å². The van der Waals surface area contributed by atoms with E-state index in [0.29, 0.717) is 5.11 Å². The fourth-order valence-electron chi connectivity index (χ4n) is 3.74. The molecule has 2 heterocycles. The van der Waals surface area contributed by atoms with Crippen molar-refractivity contribution in [2.45, 2.75) is 26.4 Å². The second kappa shape index (κ2) is 7.16. The van der Waals surface area contributed by atoms with Crippen LogP contribution in [0.15, 0.2) is 60.8 Å². The number of fused-ring (bicyclic) bond motifs is 1. The van der Waals surface area contributed by atoms with Gasteiger partial charge in [0.1, 0.15) is 5.82 Å². The second-order valence-electron chi connectivity index (χ2n) is 7.02. The number of aromatic nitrogens is 1. The van der Waals surface area contributed by atoms with E-state index in [1.54, 1.807) is 0 Å². The van der Waals surface area contributed by atoms with Crippen molar-refractivity contribution in [3.8, 4) is 0 Å². The predicted octanol–water partition coefficient (Wildman–Crippen LogP) is 5.05. The Bertz CT molecular complexity index is 977. The van der Waals surface area contributed by atoms with Crippen LogP contribution < -0.4 is 5.32 Å². The average Bonchev–Trinajstić information content (AvgIpc) is 3.13. The topological polar surface area (TPSA) is 20.2 Å². The molecule has 1 atom stereocenters. The molecule has 2 aromatic carbocycles. The molecule has 0 bridgehead atoms. The van der Waals surface area contributed by atoms with Gasteiger partial charge in [-0.3, -0.25) is 0 Å². The van der Waals surface area contributed by atoms with Crippen molar-refractivity contribution in [2.75, 3.05) is 11.9 Å². The van der Waals surface area contributed by atoms with Gasteiger partial charge < -0.3 is 14.8 Å². The molecule has 4 rings (SSSR count). The zero-order valence-corrected chi connectivity index (χ0v) is 16.3. The lowest BCUT2D eigenvalue weighted by Gasteiger charge is -2.39. The number of benzene rings is 2. The molecular formula is C22H22FN3S. The molecule has 1 aliphatic rings. The summed E-state index contributed by atoms with van der Waals surface area (Å²) in [5.41, 5.74) is 5.60. The summed E-state index contributed by atoms with van der Waals surface area (Å²) in [7, 11) is 0. The van der Waals surface area contributed by atoms with Gasteiger partial charge in [-0.2, -0.15) is 0 Å². The van der Waals surface area contributed by atoms with Crippen LogP contribution in [0.2, 0.25) is 0 Å². The summed E-state index contributed by atoms with van der Waals surface area (Å²) in [4.78, 5) is 2.19. The number of rotatable bonds is 2. The highest BCUT2D eigenvalue weighted by atomic mass is 32.1. The van der Waals surface area contributed by atoms with Crippen molar-refractivity contribution in [3.63, 3.8) is 0 Å². The summed E-state index contributed by atoms with van der Waals surface area (Å²) in [5, 5.41) is 4.10. The van der Waals surface area contributed by atoms with Gasteiger partial charge in [-0.05, 0) is 67.5 Å². The zero-order chi connectivity index (χ0) is 19.0. The van der Waals surface area contributed by atoms with Crippen LogP contribution >= 0.6 is 12.2 Å². The molecule has 5 heteroatoms. The van der Waals surface area contributed by atoms with Crippen molar-refractivity contribution in [2.24, 2.45) is 0 Å². The van der Waals surface area contributed by atoms with Gasteiger partial charge in [0.15, 0.2) is 5.11 Å². The molecule has 3 nitrogen and oxygen atoms in total. The first kappa shape index (κ1) is 17.7. The molecular weight excluding hydrogens is 357 g/mol. The number of halogens is 1. The number of anilines is 1. The number of nitrogens with zero attached hydrogens (tertiary/aromatic N) is 2. The smallest absolute Gasteiger partial charge is 0.174 e. The van der Waals surface area contributed by atoms with Crippen molar-refractivity contribution in [1.29, 1.82) is 0 Å². The number of nitrogens with one attached hydrogen (secondary N) is 1. The Labute approximate surface area is 164 Å². The summed E-state index contributed by atoms with van der Waals surface area (Å²) in [5.74, 6) is -0.229. The maximum Gasteiger partial charge on any atom is 0.174 e. The largest absolute Gasteiger partial charge is 0.348 e. The third kappa shape index (κ3) is 3.47. The zero-order valence-electron chi connectivity index (χ0n) is 15.4. The molecule has 0 radical (unpaired) electrons. The Morgan fingerprint density at radius 1 is 1.07 bits per heavy atom. The van der Waals surface area contributed by atoms with E-state index in [-0.39, 0.29) is 11.9 Å². The number of hydrogen-bond acceptors (Lipinski definition) is 1. The quantitative estimate of drug-likeness (QED) is 0.630. The fraction of sp³-hybridized carbons (Fsp3) is 0.227. The summed E-state index contributed by atoms with van der Waals surface area (Å²) in [6.07, 6.45) is 2.09. The van der Waals surface area contributed by atoms with E-state index in [4.69, 9.17) is 12.2 Å².